The molecule has 1 amide bonds. The van der Waals surface area contributed by atoms with E-state index in [1.807, 2.05) is 0 Å². The molecule has 0 atom stereocenters. The molecule has 1 heterocycles. The maximum Gasteiger partial charge on any atom is 0.264 e. The van der Waals surface area contributed by atoms with Gasteiger partial charge in [0.05, 0.1) is 28.7 Å². The number of carbonyl (C=O) groups is 1. The van der Waals surface area contributed by atoms with Crippen molar-refractivity contribution in [2.75, 3.05) is 42.5 Å². The Kier molecular flexibility index (Phi) is 8.30. The summed E-state index contributed by atoms with van der Waals surface area (Å²) in [5.41, 5.74) is 0.696. The third kappa shape index (κ3) is 6.06. The molecule has 0 unspecified atom stereocenters. The zero-order valence-electron chi connectivity index (χ0n) is 19.1. The van der Waals surface area contributed by atoms with Gasteiger partial charge in [-0.05, 0) is 83.3 Å². The summed E-state index contributed by atoms with van der Waals surface area (Å²) in [5, 5.41) is 2.66. The minimum Gasteiger partial charge on any atom is -0.379 e. The van der Waals surface area contributed by atoms with Crippen molar-refractivity contribution in [3.05, 3.63) is 82.4 Å². The minimum absolute atomic E-state index is 0.0639. The third-order valence-electron chi connectivity index (χ3n) is 5.48. The lowest BCUT2D eigenvalue weighted by Gasteiger charge is -2.26. The van der Waals surface area contributed by atoms with Crippen LogP contribution in [-0.2, 0) is 29.6 Å². The van der Waals surface area contributed by atoms with Crippen LogP contribution in [0.1, 0.15) is 0 Å². The molecule has 0 spiro atoms. The summed E-state index contributed by atoms with van der Waals surface area (Å²) < 4.78 is 60.9. The molecule has 4 rings (SSSR count). The number of morpholine rings is 1. The summed E-state index contributed by atoms with van der Waals surface area (Å²) in [5.74, 6) is -0.572. The van der Waals surface area contributed by atoms with E-state index in [9.17, 15) is 21.6 Å². The molecular formula is C24H24IN3O6S2. The number of nitrogens with one attached hydrogen (secondary N) is 1. The van der Waals surface area contributed by atoms with Crippen molar-refractivity contribution in [3.8, 4) is 0 Å². The van der Waals surface area contributed by atoms with E-state index in [4.69, 9.17) is 4.74 Å². The Morgan fingerprint density at radius 2 is 1.47 bits per heavy atom. The molecule has 0 aliphatic carbocycles. The highest BCUT2D eigenvalue weighted by molar-refractivity contribution is 14.1. The lowest BCUT2D eigenvalue weighted by Crippen LogP contribution is -2.40. The molecular weight excluding hydrogens is 617 g/mol. The number of halogens is 1. The second-order valence-electron chi connectivity index (χ2n) is 7.89. The summed E-state index contributed by atoms with van der Waals surface area (Å²) >= 11 is 2.12. The van der Waals surface area contributed by atoms with Crippen LogP contribution in [0.15, 0.2) is 88.7 Å². The van der Waals surface area contributed by atoms with Crippen LogP contribution in [0.4, 0.5) is 11.4 Å². The van der Waals surface area contributed by atoms with Crippen molar-refractivity contribution in [2.24, 2.45) is 0 Å². The Balaban J connectivity index is 1.53. The Morgan fingerprint density at radius 1 is 0.861 bits per heavy atom. The molecule has 1 aliphatic rings. The van der Waals surface area contributed by atoms with Gasteiger partial charge in [0.2, 0.25) is 15.9 Å². The molecule has 0 bridgehead atoms. The second kappa shape index (κ2) is 11.3. The van der Waals surface area contributed by atoms with Crippen LogP contribution in [0.2, 0.25) is 0 Å². The van der Waals surface area contributed by atoms with E-state index >= 15 is 0 Å². The van der Waals surface area contributed by atoms with Crippen molar-refractivity contribution in [3.63, 3.8) is 0 Å². The number of rotatable bonds is 8. The average Bonchev–Trinajstić information content (AvgIpc) is 2.89. The van der Waals surface area contributed by atoms with E-state index in [1.54, 1.807) is 42.5 Å². The number of amides is 1. The first-order valence-electron chi connectivity index (χ1n) is 11.0. The molecule has 9 nitrogen and oxygen atoms in total. The zero-order chi connectivity index (χ0) is 25.8. The first kappa shape index (κ1) is 26.5. The Hall–Kier alpha value is -2.52. The predicted molar refractivity (Wildman–Crippen MR) is 145 cm³/mol. The van der Waals surface area contributed by atoms with E-state index < -0.39 is 32.5 Å². The smallest absolute Gasteiger partial charge is 0.264 e. The topological polar surface area (TPSA) is 113 Å². The molecule has 1 N–H and O–H groups in total. The van der Waals surface area contributed by atoms with E-state index in [0.29, 0.717) is 24.6 Å². The number of hydrogen-bond donors (Lipinski definition) is 1. The van der Waals surface area contributed by atoms with Crippen LogP contribution in [0, 0.1) is 3.57 Å². The third-order valence-corrected chi connectivity index (χ3v) is 9.90. The molecule has 1 saturated heterocycles. The van der Waals surface area contributed by atoms with Gasteiger partial charge < -0.3 is 10.1 Å². The van der Waals surface area contributed by atoms with Crippen LogP contribution in [0.25, 0.3) is 0 Å². The Labute approximate surface area is 224 Å². The second-order valence-corrected chi connectivity index (χ2v) is 12.9. The van der Waals surface area contributed by atoms with E-state index in [1.165, 1.54) is 40.7 Å². The normalized spacial score (nSPS) is 14.8. The summed E-state index contributed by atoms with van der Waals surface area (Å²) in [4.78, 5) is 13.1. The van der Waals surface area contributed by atoms with Crippen LogP contribution in [-0.4, -0.2) is 59.9 Å². The van der Waals surface area contributed by atoms with Crippen molar-refractivity contribution >= 4 is 59.9 Å². The van der Waals surface area contributed by atoms with E-state index in [-0.39, 0.29) is 22.9 Å². The molecule has 0 saturated carbocycles. The van der Waals surface area contributed by atoms with Crippen molar-refractivity contribution in [1.29, 1.82) is 0 Å². The van der Waals surface area contributed by atoms with Gasteiger partial charge in [0, 0.05) is 22.3 Å². The van der Waals surface area contributed by atoms with Gasteiger partial charge in [0.25, 0.3) is 10.0 Å². The molecule has 36 heavy (non-hydrogen) atoms. The van der Waals surface area contributed by atoms with Gasteiger partial charge in [-0.1, -0.05) is 18.2 Å². The quantitative estimate of drug-likeness (QED) is 0.379. The standard InChI is InChI=1S/C24H24IN3O6S2/c25-19-6-10-21(11-7-19)28(36(32,33)22-4-2-1-3-5-22)18-24(29)26-20-8-12-23(13-9-20)35(30,31)27-14-16-34-17-15-27/h1-13H,14-18H2,(H,26,29). The summed E-state index contributed by atoms with van der Waals surface area (Å²) in [7, 11) is -7.68. The molecule has 190 valence electrons. The lowest BCUT2D eigenvalue weighted by molar-refractivity contribution is -0.114. The van der Waals surface area contributed by atoms with Gasteiger partial charge in [0.1, 0.15) is 6.54 Å². The van der Waals surface area contributed by atoms with Gasteiger partial charge in [0.15, 0.2) is 0 Å². The van der Waals surface area contributed by atoms with Crippen molar-refractivity contribution in [1.82, 2.24) is 4.31 Å². The minimum atomic E-state index is -4.02. The number of sulfonamides is 2. The van der Waals surface area contributed by atoms with Gasteiger partial charge in [-0.2, -0.15) is 4.31 Å². The highest BCUT2D eigenvalue weighted by atomic mass is 127. The summed E-state index contributed by atoms with van der Waals surface area (Å²) in [6.07, 6.45) is 0. The predicted octanol–water partition coefficient (Wildman–Crippen LogP) is 3.15. The maximum atomic E-state index is 13.4. The first-order chi connectivity index (χ1) is 17.2. The van der Waals surface area contributed by atoms with Crippen LogP contribution >= 0.6 is 22.6 Å². The maximum absolute atomic E-state index is 13.4. The highest BCUT2D eigenvalue weighted by Gasteiger charge is 2.28. The summed E-state index contributed by atoms with van der Waals surface area (Å²) in [6.45, 7) is 0.786. The number of nitrogens with zero attached hydrogens (tertiary/aromatic N) is 2. The van der Waals surface area contributed by atoms with Gasteiger partial charge in [-0.3, -0.25) is 9.10 Å². The van der Waals surface area contributed by atoms with Crippen LogP contribution in [0.5, 0.6) is 0 Å². The van der Waals surface area contributed by atoms with Crippen LogP contribution in [0.3, 0.4) is 0 Å². The zero-order valence-corrected chi connectivity index (χ0v) is 22.9. The molecule has 3 aromatic rings. The Bertz CT molecular complexity index is 1410. The van der Waals surface area contributed by atoms with Crippen LogP contribution < -0.4 is 9.62 Å². The SMILES string of the molecule is O=C(CN(c1ccc(I)cc1)S(=O)(=O)c1ccccc1)Nc1ccc(S(=O)(=O)N2CCOCC2)cc1. The monoisotopic (exact) mass is 641 g/mol. The number of carbonyl (C=O) groups excluding carboxylic acids is 1. The van der Waals surface area contributed by atoms with E-state index in [2.05, 4.69) is 27.9 Å². The summed E-state index contributed by atoms with van der Waals surface area (Å²) in [6, 6.07) is 20.5. The fourth-order valence-electron chi connectivity index (χ4n) is 3.62. The lowest BCUT2D eigenvalue weighted by atomic mass is 10.3. The fraction of sp³-hybridized carbons (Fsp3) is 0.208. The van der Waals surface area contributed by atoms with Crippen molar-refractivity contribution in [2.45, 2.75) is 9.79 Å². The number of hydrogen-bond acceptors (Lipinski definition) is 6. The molecule has 0 aromatic heterocycles. The van der Waals surface area contributed by atoms with Gasteiger partial charge in [-0.25, -0.2) is 16.8 Å². The van der Waals surface area contributed by atoms with E-state index in [0.717, 1.165) is 7.88 Å². The molecule has 3 aromatic carbocycles. The molecule has 12 heteroatoms. The number of ether oxygens (including phenoxy) is 1. The van der Waals surface area contributed by atoms with Gasteiger partial charge in [-0.15, -0.1) is 0 Å². The molecule has 1 aliphatic heterocycles. The number of anilines is 2. The van der Waals surface area contributed by atoms with Crippen molar-refractivity contribution < 1.29 is 26.4 Å². The Morgan fingerprint density at radius 3 is 2.08 bits per heavy atom. The van der Waals surface area contributed by atoms with Gasteiger partial charge >= 0.3 is 0 Å². The largest absolute Gasteiger partial charge is 0.379 e. The number of benzene rings is 3. The fourth-order valence-corrected chi connectivity index (χ4v) is 6.83. The molecule has 0 radical (unpaired) electrons. The average molecular weight is 642 g/mol. The first-order valence-corrected chi connectivity index (χ1v) is 14.9. The molecule has 1 fully saturated rings. The highest BCUT2D eigenvalue weighted by Crippen LogP contribution is 2.25.